The molecular weight excluding hydrogens is 326 g/mol. The summed E-state index contributed by atoms with van der Waals surface area (Å²) in [4.78, 5) is 30.3. The lowest BCUT2D eigenvalue weighted by atomic mass is 9.82. The van der Waals surface area contributed by atoms with Crippen LogP contribution in [0.4, 0.5) is 0 Å². The van der Waals surface area contributed by atoms with Crippen LogP contribution in [0.5, 0.6) is 0 Å². The van der Waals surface area contributed by atoms with Crippen LogP contribution in [-0.2, 0) is 14.4 Å². The third-order valence-corrected chi connectivity index (χ3v) is 4.66. The van der Waals surface area contributed by atoms with E-state index in [0.29, 0.717) is 0 Å². The number of carbonyl (C=O) groups is 2. The number of hydroxylamine groups is 2. The van der Waals surface area contributed by atoms with Gasteiger partial charge in [0.1, 0.15) is 5.57 Å². The Morgan fingerprint density at radius 2 is 1.65 bits per heavy atom. The standard InChI is InChI=1S/C22H27NO3/c1-17(24)19(14-9-13-18-11-7-6-8-12-18)20(25)26-23-21(2,3)15-10-16-22(23,4)5/h6-8,11-12,14H,10,15-16H2,1-5H3/b19-14-. The summed E-state index contributed by atoms with van der Waals surface area (Å²) >= 11 is 0. The lowest BCUT2D eigenvalue weighted by Crippen LogP contribution is -2.59. The van der Waals surface area contributed by atoms with Gasteiger partial charge in [-0.15, -0.1) is 5.06 Å². The van der Waals surface area contributed by atoms with Crippen molar-refractivity contribution in [3.8, 4) is 11.8 Å². The van der Waals surface area contributed by atoms with E-state index in [0.717, 1.165) is 24.8 Å². The number of piperidine rings is 1. The minimum atomic E-state index is -0.650. The average molecular weight is 353 g/mol. The van der Waals surface area contributed by atoms with Gasteiger partial charge in [0.25, 0.3) is 0 Å². The van der Waals surface area contributed by atoms with Crippen LogP contribution in [0.2, 0.25) is 0 Å². The fourth-order valence-corrected chi connectivity index (χ4v) is 3.37. The molecule has 138 valence electrons. The Hall–Kier alpha value is -2.38. The van der Waals surface area contributed by atoms with Crippen LogP contribution >= 0.6 is 0 Å². The van der Waals surface area contributed by atoms with E-state index in [2.05, 4.69) is 11.8 Å². The summed E-state index contributed by atoms with van der Waals surface area (Å²) < 4.78 is 0. The Kier molecular flexibility index (Phi) is 6.05. The summed E-state index contributed by atoms with van der Waals surface area (Å²) in [6.07, 6.45) is 4.28. The van der Waals surface area contributed by atoms with Crippen LogP contribution in [0.15, 0.2) is 42.0 Å². The molecule has 0 N–H and O–H groups in total. The molecule has 4 heteroatoms. The smallest absolute Gasteiger partial charge is 0.361 e. The van der Waals surface area contributed by atoms with Crippen LogP contribution in [0.3, 0.4) is 0 Å². The van der Waals surface area contributed by atoms with Crippen LogP contribution in [0, 0.1) is 11.8 Å². The number of Topliss-reactive ketones (excluding diaryl/α,β-unsaturated/α-hetero) is 1. The number of carbonyl (C=O) groups excluding carboxylic acids is 2. The molecule has 2 rings (SSSR count). The van der Waals surface area contributed by atoms with Gasteiger partial charge in [0.05, 0.1) is 11.1 Å². The van der Waals surface area contributed by atoms with E-state index in [9.17, 15) is 9.59 Å². The first kappa shape index (κ1) is 19.9. The zero-order valence-corrected chi connectivity index (χ0v) is 16.3. The molecule has 1 aromatic carbocycles. The van der Waals surface area contributed by atoms with Crippen LogP contribution in [-0.4, -0.2) is 27.9 Å². The number of hydrogen-bond acceptors (Lipinski definition) is 4. The van der Waals surface area contributed by atoms with Gasteiger partial charge in [0.2, 0.25) is 0 Å². The minimum Gasteiger partial charge on any atom is -0.363 e. The van der Waals surface area contributed by atoms with E-state index >= 15 is 0 Å². The molecule has 4 nitrogen and oxygen atoms in total. The minimum absolute atomic E-state index is 0.0365. The van der Waals surface area contributed by atoms with Crippen molar-refractivity contribution in [2.75, 3.05) is 0 Å². The molecule has 0 unspecified atom stereocenters. The molecule has 0 amide bonds. The summed E-state index contributed by atoms with van der Waals surface area (Å²) in [6.45, 7) is 9.55. The largest absolute Gasteiger partial charge is 0.363 e. The highest BCUT2D eigenvalue weighted by atomic mass is 16.7. The zero-order chi connectivity index (χ0) is 19.4. The first-order chi connectivity index (χ1) is 12.1. The fraction of sp³-hybridized carbons (Fsp3) is 0.455. The first-order valence-corrected chi connectivity index (χ1v) is 8.94. The average Bonchev–Trinajstić information content (AvgIpc) is 2.55. The van der Waals surface area contributed by atoms with Gasteiger partial charge in [-0.3, -0.25) is 4.79 Å². The summed E-state index contributed by atoms with van der Waals surface area (Å²) in [7, 11) is 0. The number of rotatable bonds is 3. The second-order valence-electron chi connectivity index (χ2n) is 7.90. The maximum absolute atomic E-state index is 12.7. The van der Waals surface area contributed by atoms with E-state index in [1.807, 2.05) is 58.0 Å². The molecule has 0 saturated carbocycles. The Morgan fingerprint density at radius 3 is 2.19 bits per heavy atom. The fourth-order valence-electron chi connectivity index (χ4n) is 3.37. The van der Waals surface area contributed by atoms with Gasteiger partial charge < -0.3 is 4.84 Å². The van der Waals surface area contributed by atoms with Gasteiger partial charge in [0.15, 0.2) is 5.78 Å². The van der Waals surface area contributed by atoms with Crippen molar-refractivity contribution in [1.29, 1.82) is 0 Å². The van der Waals surface area contributed by atoms with E-state index in [1.54, 1.807) is 5.06 Å². The number of ketones is 1. The van der Waals surface area contributed by atoms with Gasteiger partial charge in [-0.25, -0.2) is 4.79 Å². The molecule has 0 atom stereocenters. The molecule has 1 heterocycles. The predicted molar refractivity (Wildman–Crippen MR) is 102 cm³/mol. The van der Waals surface area contributed by atoms with Crippen LogP contribution in [0.1, 0.15) is 59.4 Å². The van der Waals surface area contributed by atoms with Crippen molar-refractivity contribution in [3.05, 3.63) is 47.5 Å². The monoisotopic (exact) mass is 353 g/mol. The summed E-state index contributed by atoms with van der Waals surface area (Å²) in [5.74, 6) is 4.70. The van der Waals surface area contributed by atoms with Crippen LogP contribution < -0.4 is 0 Å². The third kappa shape index (κ3) is 4.83. The maximum atomic E-state index is 12.7. The van der Waals surface area contributed by atoms with Crippen molar-refractivity contribution in [2.24, 2.45) is 0 Å². The van der Waals surface area contributed by atoms with E-state index in [4.69, 9.17) is 4.84 Å². The van der Waals surface area contributed by atoms with Gasteiger partial charge in [-0.1, -0.05) is 30.0 Å². The Morgan fingerprint density at radius 1 is 1.08 bits per heavy atom. The number of benzene rings is 1. The number of nitrogens with zero attached hydrogens (tertiary/aromatic N) is 1. The highest BCUT2D eigenvalue weighted by Crippen LogP contribution is 2.38. The van der Waals surface area contributed by atoms with Crippen molar-refractivity contribution in [2.45, 2.75) is 65.0 Å². The Labute approximate surface area is 156 Å². The highest BCUT2D eigenvalue weighted by molar-refractivity contribution is 6.16. The van der Waals surface area contributed by atoms with Crippen molar-refractivity contribution >= 4 is 11.8 Å². The molecule has 1 aromatic rings. The lowest BCUT2D eigenvalue weighted by molar-refractivity contribution is -0.262. The van der Waals surface area contributed by atoms with Gasteiger partial charge in [-0.2, -0.15) is 0 Å². The van der Waals surface area contributed by atoms with Gasteiger partial charge in [-0.05, 0) is 66.0 Å². The van der Waals surface area contributed by atoms with Gasteiger partial charge in [0, 0.05) is 11.6 Å². The van der Waals surface area contributed by atoms with E-state index in [1.165, 1.54) is 13.0 Å². The van der Waals surface area contributed by atoms with Crippen molar-refractivity contribution in [1.82, 2.24) is 5.06 Å². The molecule has 0 bridgehead atoms. The summed E-state index contributed by atoms with van der Waals surface area (Å²) in [5, 5.41) is 1.74. The second-order valence-corrected chi connectivity index (χ2v) is 7.90. The quantitative estimate of drug-likeness (QED) is 0.356. The first-order valence-electron chi connectivity index (χ1n) is 8.94. The Balaban J connectivity index is 2.22. The molecular formula is C22H27NO3. The maximum Gasteiger partial charge on any atom is 0.361 e. The topological polar surface area (TPSA) is 46.6 Å². The third-order valence-electron chi connectivity index (χ3n) is 4.66. The lowest BCUT2D eigenvalue weighted by Gasteiger charge is -2.50. The second kappa shape index (κ2) is 7.88. The molecule has 1 saturated heterocycles. The van der Waals surface area contributed by atoms with Crippen molar-refractivity contribution < 1.29 is 14.4 Å². The predicted octanol–water partition coefficient (Wildman–Crippen LogP) is 4.05. The normalized spacial score (nSPS) is 19.2. The Bertz CT molecular complexity index is 748. The SMILES string of the molecule is CC(=O)/C(=C/C#Cc1ccccc1)C(=O)ON1C(C)(C)CCCC1(C)C. The van der Waals surface area contributed by atoms with Crippen LogP contribution in [0.25, 0.3) is 0 Å². The molecule has 0 aromatic heterocycles. The highest BCUT2D eigenvalue weighted by Gasteiger charge is 2.44. The summed E-state index contributed by atoms with van der Waals surface area (Å²) in [6, 6.07) is 9.40. The molecule has 1 aliphatic heterocycles. The zero-order valence-electron chi connectivity index (χ0n) is 16.3. The number of allylic oxidation sites excluding steroid dienone is 1. The molecule has 26 heavy (non-hydrogen) atoms. The van der Waals surface area contributed by atoms with Gasteiger partial charge >= 0.3 is 5.97 Å². The molecule has 0 aliphatic carbocycles. The number of hydrogen-bond donors (Lipinski definition) is 0. The molecule has 1 fully saturated rings. The molecule has 0 spiro atoms. The van der Waals surface area contributed by atoms with E-state index < -0.39 is 5.97 Å². The van der Waals surface area contributed by atoms with Crippen molar-refractivity contribution in [3.63, 3.8) is 0 Å². The molecule has 0 radical (unpaired) electrons. The van der Waals surface area contributed by atoms with E-state index in [-0.39, 0.29) is 22.4 Å². The summed E-state index contributed by atoms with van der Waals surface area (Å²) in [5.41, 5.74) is 0.216. The molecule has 1 aliphatic rings.